The molecule has 0 spiro atoms. The third-order valence-electron chi connectivity index (χ3n) is 0.383. The van der Waals surface area contributed by atoms with Crippen LogP contribution in [0.1, 0.15) is 0 Å². The Morgan fingerprint density at radius 3 is 1.71 bits per heavy atom. The van der Waals surface area contributed by atoms with Crippen LogP contribution in [0.25, 0.3) is 0 Å². The number of hydrogen-bond donors (Lipinski definition) is 1. The molecule has 7 heavy (non-hydrogen) atoms. The third-order valence-corrected chi connectivity index (χ3v) is 1.15. The summed E-state index contributed by atoms with van der Waals surface area (Å²) in [5, 5.41) is 0. The van der Waals surface area contributed by atoms with E-state index in [1.54, 1.807) is 4.90 Å². The molecule has 0 aliphatic heterocycles. The molecule has 0 saturated heterocycles. The second-order valence-corrected chi connectivity index (χ2v) is 2.29. The van der Waals surface area contributed by atoms with Crippen molar-refractivity contribution < 1.29 is 0 Å². The summed E-state index contributed by atoms with van der Waals surface area (Å²) in [7, 11) is 3.71. The standard InChI is InChI=1S/C3H7NS2.AsH3/c1-4(2)3(5)6;/h1-2H3,(H,5,6);1H3. The molecule has 1 atom stereocenters. The van der Waals surface area contributed by atoms with Crippen LogP contribution in [0.2, 0.25) is 0 Å². The molecule has 0 rings (SSSR count). The number of hydrogen-bond acceptors (Lipinski definition) is 1. The van der Waals surface area contributed by atoms with E-state index >= 15 is 0 Å². The van der Waals surface area contributed by atoms with Crippen molar-refractivity contribution in [2.24, 2.45) is 0 Å². The Hall–Kier alpha value is 0.798. The van der Waals surface area contributed by atoms with Gasteiger partial charge >= 0.3 is 18.0 Å². The molecular formula is C3H10AsNS2. The Morgan fingerprint density at radius 1 is 1.57 bits per heavy atom. The zero-order valence-corrected chi connectivity index (χ0v) is 9.19. The summed E-state index contributed by atoms with van der Waals surface area (Å²) in [6.07, 6.45) is 0. The van der Waals surface area contributed by atoms with E-state index in [2.05, 4.69) is 24.8 Å². The normalized spacial score (nSPS) is 6.71. The van der Waals surface area contributed by atoms with Crippen LogP contribution in [-0.2, 0) is 0 Å². The van der Waals surface area contributed by atoms with Gasteiger partial charge in [0, 0.05) is 14.1 Å². The van der Waals surface area contributed by atoms with E-state index in [0.29, 0.717) is 4.32 Å². The van der Waals surface area contributed by atoms with Gasteiger partial charge in [0.1, 0.15) is 4.32 Å². The van der Waals surface area contributed by atoms with Crippen LogP contribution in [0.3, 0.4) is 0 Å². The summed E-state index contributed by atoms with van der Waals surface area (Å²) in [5.74, 6) is 0. The summed E-state index contributed by atoms with van der Waals surface area (Å²) in [6, 6.07) is 0. The van der Waals surface area contributed by atoms with Crippen molar-refractivity contribution in [1.29, 1.82) is 0 Å². The van der Waals surface area contributed by atoms with Crippen LogP contribution in [-0.4, -0.2) is 41.3 Å². The molecule has 0 heterocycles. The van der Waals surface area contributed by atoms with E-state index in [-0.39, 0.29) is 18.0 Å². The second-order valence-electron chi connectivity index (χ2n) is 1.18. The first-order valence-corrected chi connectivity index (χ1v) is 2.40. The van der Waals surface area contributed by atoms with Gasteiger partial charge in [-0.2, -0.15) is 0 Å². The Kier molecular flexibility index (Phi) is 7.57. The van der Waals surface area contributed by atoms with Gasteiger partial charge < -0.3 is 4.90 Å². The first kappa shape index (κ1) is 10.7. The van der Waals surface area contributed by atoms with E-state index in [0.717, 1.165) is 0 Å². The van der Waals surface area contributed by atoms with Crippen LogP contribution < -0.4 is 0 Å². The molecule has 0 amide bonds. The topological polar surface area (TPSA) is 3.24 Å². The van der Waals surface area contributed by atoms with Gasteiger partial charge in [-0.25, -0.2) is 0 Å². The fourth-order valence-electron chi connectivity index (χ4n) is 0. The van der Waals surface area contributed by atoms with E-state index in [1.165, 1.54) is 0 Å². The Morgan fingerprint density at radius 2 is 1.71 bits per heavy atom. The molecule has 0 aromatic rings. The molecule has 0 N–H and O–H groups in total. The van der Waals surface area contributed by atoms with Crippen molar-refractivity contribution in [2.45, 2.75) is 0 Å². The average molecular weight is 199 g/mol. The van der Waals surface area contributed by atoms with Crippen molar-refractivity contribution in [2.75, 3.05) is 14.1 Å². The molecule has 0 aliphatic rings. The van der Waals surface area contributed by atoms with Crippen LogP contribution in [0.5, 0.6) is 0 Å². The molecule has 0 radical (unpaired) electrons. The molecule has 44 valence electrons. The molecule has 0 aliphatic carbocycles. The van der Waals surface area contributed by atoms with Gasteiger partial charge in [-0.05, 0) is 0 Å². The number of thiocarbonyl (C=S) groups is 1. The minimum absolute atomic E-state index is 0. The van der Waals surface area contributed by atoms with Gasteiger partial charge in [0.25, 0.3) is 0 Å². The Labute approximate surface area is 66.2 Å². The third kappa shape index (κ3) is 6.80. The number of nitrogens with zero attached hydrogens (tertiary/aromatic N) is 1. The van der Waals surface area contributed by atoms with E-state index < -0.39 is 0 Å². The first-order chi connectivity index (χ1) is 2.64. The molecule has 1 unspecified atom stereocenters. The first-order valence-electron chi connectivity index (χ1n) is 1.55. The molecular weight excluding hydrogens is 189 g/mol. The van der Waals surface area contributed by atoms with Gasteiger partial charge in [0.2, 0.25) is 0 Å². The fourth-order valence-corrected chi connectivity index (χ4v) is 0. The zero-order chi connectivity index (χ0) is 5.15. The fraction of sp³-hybridized carbons (Fsp3) is 0.667. The van der Waals surface area contributed by atoms with Crippen molar-refractivity contribution in [1.82, 2.24) is 4.90 Å². The molecule has 0 fully saturated rings. The molecule has 0 aromatic heterocycles. The van der Waals surface area contributed by atoms with Gasteiger partial charge in [-0.3, -0.25) is 0 Å². The van der Waals surface area contributed by atoms with E-state index in [9.17, 15) is 0 Å². The summed E-state index contributed by atoms with van der Waals surface area (Å²) in [5.41, 5.74) is 0. The summed E-state index contributed by atoms with van der Waals surface area (Å²) < 4.78 is 0.620. The predicted molar refractivity (Wildman–Crippen MR) is 45.2 cm³/mol. The molecule has 1 nitrogen and oxygen atoms in total. The predicted octanol–water partition coefficient (Wildman–Crippen LogP) is -0.421. The SMILES string of the molecule is CN(C)C(=S)S.[AsH3]. The second kappa shape index (κ2) is 4.95. The molecule has 4 heteroatoms. The van der Waals surface area contributed by atoms with Gasteiger partial charge in [0.15, 0.2) is 0 Å². The van der Waals surface area contributed by atoms with Crippen molar-refractivity contribution in [3.05, 3.63) is 0 Å². The van der Waals surface area contributed by atoms with Gasteiger partial charge in [-0.15, -0.1) is 12.6 Å². The quantitative estimate of drug-likeness (QED) is 0.320. The van der Waals surface area contributed by atoms with Crippen molar-refractivity contribution in [3.8, 4) is 0 Å². The summed E-state index contributed by atoms with van der Waals surface area (Å²) >= 11 is 8.46. The maximum atomic E-state index is 4.61. The van der Waals surface area contributed by atoms with Crippen molar-refractivity contribution in [3.63, 3.8) is 0 Å². The van der Waals surface area contributed by atoms with Gasteiger partial charge in [0.05, 0.1) is 0 Å². The zero-order valence-electron chi connectivity index (χ0n) is 4.51. The monoisotopic (exact) mass is 199 g/mol. The number of rotatable bonds is 0. The molecule has 0 saturated carbocycles. The summed E-state index contributed by atoms with van der Waals surface area (Å²) in [6.45, 7) is 0. The van der Waals surface area contributed by atoms with E-state index in [1.807, 2.05) is 14.1 Å². The van der Waals surface area contributed by atoms with Crippen LogP contribution in [0.15, 0.2) is 0 Å². The van der Waals surface area contributed by atoms with Crippen LogP contribution in [0, 0.1) is 0 Å². The van der Waals surface area contributed by atoms with E-state index in [4.69, 9.17) is 0 Å². The van der Waals surface area contributed by atoms with Crippen molar-refractivity contribution >= 4 is 47.1 Å². The molecule has 0 aromatic carbocycles. The number of thiol groups is 1. The van der Waals surface area contributed by atoms with Gasteiger partial charge in [-0.1, -0.05) is 12.2 Å². The van der Waals surface area contributed by atoms with Crippen LogP contribution >= 0.6 is 24.8 Å². The minimum atomic E-state index is 0. The van der Waals surface area contributed by atoms with Crippen LogP contribution in [0.4, 0.5) is 0 Å². The molecule has 0 bridgehead atoms. The Balaban J connectivity index is 0. The summed E-state index contributed by atoms with van der Waals surface area (Å²) in [4.78, 5) is 1.76. The maximum absolute atomic E-state index is 4.61. The Bertz CT molecular complexity index is 64.0. The average Bonchev–Trinajstić information content (AvgIpc) is 1.36.